The molecule has 0 bridgehead atoms. The summed E-state index contributed by atoms with van der Waals surface area (Å²) in [5, 5.41) is 5.80. The molecule has 0 aromatic carbocycles. The Kier molecular flexibility index (Phi) is 3.97. The summed E-state index contributed by atoms with van der Waals surface area (Å²) < 4.78 is 5.59. The van der Waals surface area contributed by atoms with Crippen molar-refractivity contribution in [2.45, 2.75) is 58.2 Å². The molecule has 1 unspecified atom stereocenters. The third-order valence-corrected chi connectivity index (χ3v) is 2.45. The van der Waals surface area contributed by atoms with Crippen molar-refractivity contribution in [3.63, 3.8) is 0 Å². The van der Waals surface area contributed by atoms with Gasteiger partial charge in [-0.3, -0.25) is 0 Å². The van der Waals surface area contributed by atoms with E-state index in [-0.39, 0.29) is 23.7 Å². The van der Waals surface area contributed by atoms with Crippen LogP contribution >= 0.6 is 0 Å². The number of urea groups is 1. The molecule has 0 saturated carbocycles. The van der Waals surface area contributed by atoms with E-state index in [1.54, 1.807) is 0 Å². The van der Waals surface area contributed by atoms with Gasteiger partial charge in [-0.25, -0.2) is 4.79 Å². The standard InChI is InChI=1S/C11H22N2O2/c1-8(2)12-10(14)13-9-5-6-15-11(3,4)7-9/h8-9H,5-7H2,1-4H3,(H2,12,13,14). The summed E-state index contributed by atoms with van der Waals surface area (Å²) >= 11 is 0. The Morgan fingerprint density at radius 1 is 1.47 bits per heavy atom. The molecule has 1 aliphatic heterocycles. The lowest BCUT2D eigenvalue weighted by Crippen LogP contribution is -2.50. The summed E-state index contributed by atoms with van der Waals surface area (Å²) in [4.78, 5) is 11.5. The molecule has 4 heteroatoms. The smallest absolute Gasteiger partial charge is 0.315 e. The molecule has 0 aliphatic carbocycles. The van der Waals surface area contributed by atoms with Gasteiger partial charge in [0.05, 0.1) is 5.60 Å². The minimum atomic E-state index is -0.117. The molecule has 2 N–H and O–H groups in total. The third-order valence-electron chi connectivity index (χ3n) is 2.45. The summed E-state index contributed by atoms with van der Waals surface area (Å²) in [6.45, 7) is 8.74. The number of ether oxygens (including phenoxy) is 1. The van der Waals surface area contributed by atoms with Gasteiger partial charge in [-0.05, 0) is 40.5 Å². The molecule has 88 valence electrons. The molecule has 1 rings (SSSR count). The van der Waals surface area contributed by atoms with Crippen molar-refractivity contribution in [1.29, 1.82) is 0 Å². The van der Waals surface area contributed by atoms with Gasteiger partial charge in [0.1, 0.15) is 0 Å². The fourth-order valence-corrected chi connectivity index (χ4v) is 1.84. The lowest BCUT2D eigenvalue weighted by molar-refractivity contribution is -0.0611. The average Bonchev–Trinajstić information content (AvgIpc) is 1.99. The van der Waals surface area contributed by atoms with Crippen molar-refractivity contribution in [2.24, 2.45) is 0 Å². The Morgan fingerprint density at radius 2 is 2.13 bits per heavy atom. The minimum Gasteiger partial charge on any atom is -0.375 e. The second-order valence-corrected chi connectivity index (χ2v) is 5.07. The van der Waals surface area contributed by atoms with E-state index in [9.17, 15) is 4.79 Å². The second kappa shape index (κ2) is 4.84. The monoisotopic (exact) mass is 214 g/mol. The Hall–Kier alpha value is -0.770. The maximum atomic E-state index is 11.5. The second-order valence-electron chi connectivity index (χ2n) is 5.07. The molecule has 4 nitrogen and oxygen atoms in total. The fourth-order valence-electron chi connectivity index (χ4n) is 1.84. The van der Waals surface area contributed by atoms with Crippen LogP contribution in [-0.4, -0.2) is 30.3 Å². The number of carbonyl (C=O) groups is 1. The van der Waals surface area contributed by atoms with Gasteiger partial charge in [-0.2, -0.15) is 0 Å². The summed E-state index contributed by atoms with van der Waals surface area (Å²) in [6.07, 6.45) is 1.77. The van der Waals surface area contributed by atoms with Crippen LogP contribution < -0.4 is 10.6 Å². The van der Waals surface area contributed by atoms with Crippen LogP contribution in [0.3, 0.4) is 0 Å². The molecular formula is C11H22N2O2. The molecule has 1 saturated heterocycles. The molecule has 0 aromatic rings. The number of hydrogen-bond donors (Lipinski definition) is 2. The molecular weight excluding hydrogens is 192 g/mol. The van der Waals surface area contributed by atoms with E-state index in [1.165, 1.54) is 0 Å². The van der Waals surface area contributed by atoms with E-state index in [0.29, 0.717) is 0 Å². The number of amides is 2. The summed E-state index contributed by atoms with van der Waals surface area (Å²) in [5.41, 5.74) is -0.117. The third kappa shape index (κ3) is 4.51. The van der Waals surface area contributed by atoms with Crippen LogP contribution in [0.15, 0.2) is 0 Å². The number of rotatable bonds is 2. The predicted octanol–water partition coefficient (Wildman–Crippen LogP) is 1.65. The summed E-state index contributed by atoms with van der Waals surface area (Å²) in [5.74, 6) is 0. The van der Waals surface area contributed by atoms with E-state index in [1.807, 2.05) is 13.8 Å². The van der Waals surface area contributed by atoms with E-state index in [0.717, 1.165) is 19.4 Å². The van der Waals surface area contributed by atoms with Crippen LogP contribution in [0.25, 0.3) is 0 Å². The van der Waals surface area contributed by atoms with Crippen LogP contribution in [-0.2, 0) is 4.74 Å². The lowest BCUT2D eigenvalue weighted by Gasteiger charge is -2.35. The zero-order valence-electron chi connectivity index (χ0n) is 10.1. The zero-order valence-corrected chi connectivity index (χ0v) is 10.1. The highest BCUT2D eigenvalue weighted by Gasteiger charge is 2.29. The van der Waals surface area contributed by atoms with E-state index >= 15 is 0 Å². The van der Waals surface area contributed by atoms with E-state index in [4.69, 9.17) is 4.74 Å². The number of nitrogens with one attached hydrogen (secondary N) is 2. The molecule has 1 atom stereocenters. The van der Waals surface area contributed by atoms with Gasteiger partial charge in [0, 0.05) is 18.7 Å². The van der Waals surface area contributed by atoms with Crippen LogP contribution in [0.2, 0.25) is 0 Å². The first-order valence-electron chi connectivity index (χ1n) is 5.60. The molecule has 0 radical (unpaired) electrons. The minimum absolute atomic E-state index is 0.0762. The topological polar surface area (TPSA) is 50.4 Å². The predicted molar refractivity (Wildman–Crippen MR) is 59.9 cm³/mol. The molecule has 1 aliphatic rings. The van der Waals surface area contributed by atoms with Crippen molar-refractivity contribution in [2.75, 3.05) is 6.61 Å². The number of hydrogen-bond acceptors (Lipinski definition) is 2. The van der Waals surface area contributed by atoms with Crippen molar-refractivity contribution in [3.8, 4) is 0 Å². The molecule has 1 heterocycles. The highest BCUT2D eigenvalue weighted by molar-refractivity contribution is 5.74. The first-order chi connectivity index (χ1) is 6.89. The fraction of sp³-hybridized carbons (Fsp3) is 0.909. The first-order valence-corrected chi connectivity index (χ1v) is 5.60. The van der Waals surface area contributed by atoms with Gasteiger partial charge in [0.15, 0.2) is 0 Å². The molecule has 0 spiro atoms. The van der Waals surface area contributed by atoms with Gasteiger partial charge >= 0.3 is 6.03 Å². The zero-order chi connectivity index (χ0) is 11.5. The Bertz CT molecular complexity index is 227. The summed E-state index contributed by atoms with van der Waals surface area (Å²) in [7, 11) is 0. The van der Waals surface area contributed by atoms with Gasteiger partial charge in [0.2, 0.25) is 0 Å². The quantitative estimate of drug-likeness (QED) is 0.734. The van der Waals surface area contributed by atoms with Gasteiger partial charge in [-0.15, -0.1) is 0 Å². The van der Waals surface area contributed by atoms with Gasteiger partial charge < -0.3 is 15.4 Å². The van der Waals surface area contributed by atoms with Crippen LogP contribution in [0.4, 0.5) is 4.79 Å². The molecule has 0 aromatic heterocycles. The lowest BCUT2D eigenvalue weighted by atomic mass is 9.94. The van der Waals surface area contributed by atoms with E-state index in [2.05, 4.69) is 24.5 Å². The first kappa shape index (κ1) is 12.3. The average molecular weight is 214 g/mol. The van der Waals surface area contributed by atoms with Crippen molar-refractivity contribution in [3.05, 3.63) is 0 Å². The van der Waals surface area contributed by atoms with Crippen molar-refractivity contribution >= 4 is 6.03 Å². The SMILES string of the molecule is CC(C)NC(=O)NC1CCOC(C)(C)C1. The maximum Gasteiger partial charge on any atom is 0.315 e. The summed E-state index contributed by atoms with van der Waals surface area (Å²) in [6, 6.07) is 0.332. The maximum absolute atomic E-state index is 11.5. The van der Waals surface area contributed by atoms with Crippen LogP contribution in [0.1, 0.15) is 40.5 Å². The Labute approximate surface area is 91.8 Å². The van der Waals surface area contributed by atoms with Gasteiger partial charge in [0.25, 0.3) is 0 Å². The van der Waals surface area contributed by atoms with Crippen molar-refractivity contribution < 1.29 is 9.53 Å². The van der Waals surface area contributed by atoms with Crippen molar-refractivity contribution in [1.82, 2.24) is 10.6 Å². The highest BCUT2D eigenvalue weighted by Crippen LogP contribution is 2.23. The molecule has 15 heavy (non-hydrogen) atoms. The van der Waals surface area contributed by atoms with Crippen LogP contribution in [0.5, 0.6) is 0 Å². The van der Waals surface area contributed by atoms with Crippen LogP contribution in [0, 0.1) is 0 Å². The number of carbonyl (C=O) groups excluding carboxylic acids is 1. The van der Waals surface area contributed by atoms with Gasteiger partial charge in [-0.1, -0.05) is 0 Å². The normalized spacial score (nSPS) is 25.0. The molecule has 1 fully saturated rings. The Balaban J connectivity index is 2.35. The highest BCUT2D eigenvalue weighted by atomic mass is 16.5. The Morgan fingerprint density at radius 3 is 2.67 bits per heavy atom. The molecule has 2 amide bonds. The largest absolute Gasteiger partial charge is 0.375 e. The van der Waals surface area contributed by atoms with E-state index < -0.39 is 0 Å².